The zero-order valence-electron chi connectivity index (χ0n) is 20.5. The Balaban J connectivity index is 1.39. The number of benzene rings is 3. The van der Waals surface area contributed by atoms with E-state index in [-0.39, 0.29) is 12.4 Å². The van der Waals surface area contributed by atoms with Gasteiger partial charge in [0.1, 0.15) is 0 Å². The fourth-order valence-corrected chi connectivity index (χ4v) is 4.61. The second kappa shape index (κ2) is 10.4. The third-order valence-corrected chi connectivity index (χ3v) is 6.93. The molecule has 7 heteroatoms. The van der Waals surface area contributed by atoms with Gasteiger partial charge in [-0.15, -0.1) is 0 Å². The number of H-pyrrole nitrogens is 1. The highest BCUT2D eigenvalue weighted by atomic mass is 32.1. The molecule has 4 aromatic rings. The van der Waals surface area contributed by atoms with Crippen LogP contribution >= 0.6 is 12.2 Å². The van der Waals surface area contributed by atoms with Gasteiger partial charge in [0.2, 0.25) is 6.79 Å². The van der Waals surface area contributed by atoms with Crippen LogP contribution in [-0.4, -0.2) is 28.3 Å². The van der Waals surface area contributed by atoms with Crippen molar-refractivity contribution in [1.29, 1.82) is 0 Å². The van der Waals surface area contributed by atoms with Crippen molar-refractivity contribution < 1.29 is 9.47 Å². The van der Waals surface area contributed by atoms with E-state index in [1.54, 1.807) is 0 Å². The maximum Gasteiger partial charge on any atom is 0.253 e. The highest BCUT2D eigenvalue weighted by Crippen LogP contribution is 2.33. The molecule has 1 aliphatic rings. The first-order valence-corrected chi connectivity index (χ1v) is 12.5. The minimum Gasteiger partial charge on any atom is -0.454 e. The Morgan fingerprint density at radius 1 is 0.944 bits per heavy atom. The third kappa shape index (κ3) is 5.36. The Hall–Kier alpha value is -3.84. The van der Waals surface area contributed by atoms with Crippen molar-refractivity contribution in [2.45, 2.75) is 33.4 Å². The standard InChI is InChI=1S/C29H29N3O3S/c1-19-12-23-15-24(28(33)31-25(23)13-20(19)2)17-32(16-22-8-9-26-27(14-22)35-18-34-26)29(36)30-11-10-21-6-4-3-5-7-21/h3-9,12-15H,10-11,16-18H2,1-2H3,(H,30,36)(H,31,33). The normalized spacial score (nSPS) is 12.1. The molecule has 3 aromatic carbocycles. The van der Waals surface area contributed by atoms with Crippen LogP contribution in [0.4, 0.5) is 0 Å². The Labute approximate surface area is 215 Å². The van der Waals surface area contributed by atoms with Crippen LogP contribution in [0.25, 0.3) is 10.9 Å². The molecule has 184 valence electrons. The molecule has 0 saturated carbocycles. The number of nitrogens with zero attached hydrogens (tertiary/aromatic N) is 1. The van der Waals surface area contributed by atoms with E-state index in [0.717, 1.165) is 39.9 Å². The molecule has 1 aliphatic heterocycles. The fraction of sp³-hybridized carbons (Fsp3) is 0.241. The molecule has 0 aliphatic carbocycles. The van der Waals surface area contributed by atoms with Crippen molar-refractivity contribution in [3.63, 3.8) is 0 Å². The van der Waals surface area contributed by atoms with Crippen molar-refractivity contribution in [3.8, 4) is 11.5 Å². The predicted octanol–water partition coefficient (Wildman–Crippen LogP) is 4.99. The Bertz CT molecular complexity index is 1470. The molecule has 2 N–H and O–H groups in total. The number of fused-ring (bicyclic) bond motifs is 2. The summed E-state index contributed by atoms with van der Waals surface area (Å²) in [4.78, 5) is 18.1. The van der Waals surface area contributed by atoms with Gasteiger partial charge in [0.25, 0.3) is 5.56 Å². The molecule has 0 amide bonds. The number of aryl methyl sites for hydroxylation is 2. The topological polar surface area (TPSA) is 66.6 Å². The van der Waals surface area contributed by atoms with Crippen molar-refractivity contribution >= 4 is 28.2 Å². The van der Waals surface area contributed by atoms with Gasteiger partial charge in [0, 0.05) is 24.2 Å². The van der Waals surface area contributed by atoms with Gasteiger partial charge in [-0.25, -0.2) is 0 Å². The summed E-state index contributed by atoms with van der Waals surface area (Å²) in [5.74, 6) is 1.47. The monoisotopic (exact) mass is 499 g/mol. The van der Waals surface area contributed by atoms with Gasteiger partial charge in [-0.3, -0.25) is 4.79 Å². The summed E-state index contributed by atoms with van der Waals surface area (Å²) in [5, 5.41) is 5.00. The van der Waals surface area contributed by atoms with E-state index in [4.69, 9.17) is 21.7 Å². The number of ether oxygens (including phenoxy) is 2. The minimum absolute atomic E-state index is 0.103. The van der Waals surface area contributed by atoms with E-state index >= 15 is 0 Å². The molecule has 0 unspecified atom stereocenters. The number of aromatic nitrogens is 1. The fourth-order valence-electron chi connectivity index (χ4n) is 4.37. The summed E-state index contributed by atoms with van der Waals surface area (Å²) >= 11 is 5.81. The van der Waals surface area contributed by atoms with Crippen LogP contribution in [0.5, 0.6) is 11.5 Å². The predicted molar refractivity (Wildman–Crippen MR) is 147 cm³/mol. The van der Waals surface area contributed by atoms with Gasteiger partial charge in [-0.05, 0) is 90.5 Å². The van der Waals surface area contributed by atoms with Crippen LogP contribution in [0.3, 0.4) is 0 Å². The van der Waals surface area contributed by atoms with E-state index in [1.165, 1.54) is 11.1 Å². The van der Waals surface area contributed by atoms with Gasteiger partial charge in [0.15, 0.2) is 16.6 Å². The van der Waals surface area contributed by atoms with Gasteiger partial charge < -0.3 is 24.7 Å². The Morgan fingerprint density at radius 2 is 1.72 bits per heavy atom. The first-order valence-electron chi connectivity index (χ1n) is 12.0. The third-order valence-electron chi connectivity index (χ3n) is 6.53. The van der Waals surface area contributed by atoms with Crippen molar-refractivity contribution in [3.05, 3.63) is 105 Å². The summed E-state index contributed by atoms with van der Waals surface area (Å²) in [6, 6.07) is 22.3. The minimum atomic E-state index is -0.103. The number of thiocarbonyl (C=S) groups is 1. The molecule has 0 atom stereocenters. The molecule has 0 saturated heterocycles. The molecule has 2 heterocycles. The second-order valence-electron chi connectivity index (χ2n) is 9.16. The number of hydrogen-bond acceptors (Lipinski definition) is 4. The van der Waals surface area contributed by atoms with Crippen molar-refractivity contribution in [1.82, 2.24) is 15.2 Å². The number of rotatable bonds is 7. The zero-order chi connectivity index (χ0) is 25.1. The van der Waals surface area contributed by atoms with Crippen LogP contribution in [0.2, 0.25) is 0 Å². The Kier molecular flexibility index (Phi) is 6.91. The summed E-state index contributed by atoms with van der Waals surface area (Å²) in [5.41, 5.74) is 6.02. The van der Waals surface area contributed by atoms with E-state index in [0.29, 0.717) is 30.3 Å². The molecule has 5 rings (SSSR count). The number of aromatic amines is 1. The first-order chi connectivity index (χ1) is 17.5. The Morgan fingerprint density at radius 3 is 2.56 bits per heavy atom. The molecule has 6 nitrogen and oxygen atoms in total. The SMILES string of the molecule is Cc1cc2cc(CN(Cc3ccc4c(c3)OCO4)C(=S)NCCc3ccccc3)c(=O)[nH]c2cc1C. The lowest BCUT2D eigenvalue weighted by Gasteiger charge is -2.26. The second-order valence-corrected chi connectivity index (χ2v) is 9.55. The van der Waals surface area contributed by atoms with Crippen LogP contribution in [-0.2, 0) is 19.5 Å². The maximum atomic E-state index is 13.0. The smallest absolute Gasteiger partial charge is 0.253 e. The summed E-state index contributed by atoms with van der Waals surface area (Å²) < 4.78 is 11.0. The summed E-state index contributed by atoms with van der Waals surface area (Å²) in [6.45, 7) is 5.97. The van der Waals surface area contributed by atoms with Gasteiger partial charge >= 0.3 is 0 Å². The molecule has 1 aromatic heterocycles. The van der Waals surface area contributed by atoms with Crippen molar-refractivity contribution in [2.24, 2.45) is 0 Å². The summed E-state index contributed by atoms with van der Waals surface area (Å²) in [7, 11) is 0. The van der Waals surface area contributed by atoms with E-state index in [2.05, 4.69) is 35.4 Å². The lowest BCUT2D eigenvalue weighted by Crippen LogP contribution is -2.40. The van der Waals surface area contributed by atoms with Crippen LogP contribution < -0.4 is 20.3 Å². The molecule has 36 heavy (non-hydrogen) atoms. The lowest BCUT2D eigenvalue weighted by molar-refractivity contribution is 0.174. The van der Waals surface area contributed by atoms with Crippen LogP contribution in [0, 0.1) is 13.8 Å². The maximum absolute atomic E-state index is 13.0. The van der Waals surface area contributed by atoms with Crippen LogP contribution in [0.1, 0.15) is 27.8 Å². The molecular weight excluding hydrogens is 470 g/mol. The number of hydrogen-bond donors (Lipinski definition) is 2. The molecule has 0 fully saturated rings. The molecule has 0 spiro atoms. The van der Waals surface area contributed by atoms with E-state index < -0.39 is 0 Å². The van der Waals surface area contributed by atoms with Gasteiger partial charge in [0.05, 0.1) is 6.54 Å². The quantitative estimate of drug-likeness (QED) is 0.349. The van der Waals surface area contributed by atoms with Gasteiger partial charge in [-0.1, -0.05) is 36.4 Å². The summed E-state index contributed by atoms with van der Waals surface area (Å²) in [6.07, 6.45) is 0.855. The van der Waals surface area contributed by atoms with E-state index in [1.807, 2.05) is 60.4 Å². The molecular formula is C29H29N3O3S. The highest BCUT2D eigenvalue weighted by Gasteiger charge is 2.18. The molecule has 0 radical (unpaired) electrons. The van der Waals surface area contributed by atoms with E-state index in [9.17, 15) is 4.79 Å². The highest BCUT2D eigenvalue weighted by molar-refractivity contribution is 7.80. The lowest BCUT2D eigenvalue weighted by atomic mass is 10.0. The van der Waals surface area contributed by atoms with Crippen LogP contribution in [0.15, 0.2) is 71.5 Å². The number of nitrogens with one attached hydrogen (secondary N) is 2. The average Bonchev–Trinajstić information content (AvgIpc) is 3.34. The zero-order valence-corrected chi connectivity index (χ0v) is 21.3. The van der Waals surface area contributed by atoms with Gasteiger partial charge in [-0.2, -0.15) is 0 Å². The average molecular weight is 500 g/mol. The molecule has 0 bridgehead atoms. The largest absolute Gasteiger partial charge is 0.454 e. The number of pyridine rings is 1. The first kappa shape index (κ1) is 23.9. The van der Waals surface area contributed by atoms with Crippen molar-refractivity contribution in [2.75, 3.05) is 13.3 Å².